The lowest BCUT2D eigenvalue weighted by Crippen LogP contribution is -2.35. The summed E-state index contributed by atoms with van der Waals surface area (Å²) >= 11 is 11.8. The quantitative estimate of drug-likeness (QED) is 0.543. The number of amides is 2. The minimum absolute atomic E-state index is 0.182. The second-order valence-corrected chi connectivity index (χ2v) is 6.05. The molecule has 0 atom stereocenters. The molecule has 2 rings (SSSR count). The summed E-state index contributed by atoms with van der Waals surface area (Å²) in [5.74, 6) is 0.155. The Labute approximate surface area is 166 Å². The van der Waals surface area contributed by atoms with Gasteiger partial charge in [0.2, 0.25) is 0 Å². The fraction of sp³-hybridized carbons (Fsp3) is 0.167. The number of rotatable bonds is 7. The summed E-state index contributed by atoms with van der Waals surface area (Å²) in [7, 11) is 3.06. The molecule has 0 unspecified atom stereocenters. The molecular formula is C18H17Cl2N3O4. The summed E-state index contributed by atoms with van der Waals surface area (Å²) in [4.78, 5) is 23.9. The summed E-state index contributed by atoms with van der Waals surface area (Å²) < 4.78 is 10.3. The molecule has 0 radical (unpaired) electrons. The third-order valence-electron chi connectivity index (χ3n) is 3.41. The average Bonchev–Trinajstić information content (AvgIpc) is 2.67. The first-order valence-corrected chi connectivity index (χ1v) is 8.47. The predicted molar refractivity (Wildman–Crippen MR) is 104 cm³/mol. The molecule has 2 amide bonds. The zero-order chi connectivity index (χ0) is 19.8. The Morgan fingerprint density at radius 3 is 2.59 bits per heavy atom. The molecule has 0 bridgehead atoms. The van der Waals surface area contributed by atoms with E-state index in [2.05, 4.69) is 15.8 Å². The molecule has 0 spiro atoms. The lowest BCUT2D eigenvalue weighted by atomic mass is 10.2. The molecule has 0 heterocycles. The molecule has 2 N–H and O–H groups in total. The largest absolute Gasteiger partial charge is 0.497 e. The maximum Gasteiger partial charge on any atom is 0.259 e. The van der Waals surface area contributed by atoms with Gasteiger partial charge in [-0.05, 0) is 36.4 Å². The number of methoxy groups -OCH3 is 2. The maximum atomic E-state index is 12.1. The molecule has 2 aromatic carbocycles. The summed E-state index contributed by atoms with van der Waals surface area (Å²) in [5.41, 5.74) is 3.11. The van der Waals surface area contributed by atoms with E-state index in [1.54, 1.807) is 31.4 Å². The molecule has 0 aliphatic rings. The highest BCUT2D eigenvalue weighted by Crippen LogP contribution is 2.22. The molecule has 142 valence electrons. The van der Waals surface area contributed by atoms with E-state index in [1.807, 2.05) is 0 Å². The van der Waals surface area contributed by atoms with Crippen molar-refractivity contribution in [3.05, 3.63) is 57.6 Å². The Bertz CT molecular complexity index is 872. The van der Waals surface area contributed by atoms with Gasteiger partial charge in [-0.15, -0.1) is 0 Å². The minimum atomic E-state index is -0.518. The van der Waals surface area contributed by atoms with E-state index in [-0.39, 0.29) is 17.1 Å². The lowest BCUT2D eigenvalue weighted by molar-refractivity contribution is -0.120. The van der Waals surface area contributed by atoms with Crippen molar-refractivity contribution in [2.75, 3.05) is 20.8 Å². The third-order valence-corrected chi connectivity index (χ3v) is 3.98. The van der Waals surface area contributed by atoms with Crippen molar-refractivity contribution < 1.29 is 19.1 Å². The molecule has 9 heteroatoms. The number of carbonyl (C=O) groups is 2. The molecule has 0 aliphatic heterocycles. The van der Waals surface area contributed by atoms with Gasteiger partial charge in [0.15, 0.2) is 0 Å². The SMILES string of the molecule is COc1ccc(OC)c(/C=N\NC(=O)CNC(=O)c2cc(Cl)ccc2Cl)c1. The zero-order valence-electron chi connectivity index (χ0n) is 14.6. The van der Waals surface area contributed by atoms with Gasteiger partial charge < -0.3 is 14.8 Å². The molecule has 0 saturated heterocycles. The van der Waals surface area contributed by atoms with E-state index in [4.69, 9.17) is 32.7 Å². The third kappa shape index (κ3) is 5.87. The van der Waals surface area contributed by atoms with Gasteiger partial charge in [0.05, 0.1) is 37.6 Å². The highest BCUT2D eigenvalue weighted by Gasteiger charge is 2.12. The fourth-order valence-corrected chi connectivity index (χ4v) is 2.46. The van der Waals surface area contributed by atoms with E-state index >= 15 is 0 Å². The van der Waals surface area contributed by atoms with Crippen LogP contribution in [0.4, 0.5) is 0 Å². The smallest absolute Gasteiger partial charge is 0.259 e. The van der Waals surface area contributed by atoms with Crippen molar-refractivity contribution in [1.29, 1.82) is 0 Å². The number of hydrogen-bond acceptors (Lipinski definition) is 5. The Balaban J connectivity index is 1.92. The number of hydrogen-bond donors (Lipinski definition) is 2. The molecule has 0 saturated carbocycles. The number of nitrogens with zero attached hydrogens (tertiary/aromatic N) is 1. The average molecular weight is 410 g/mol. The van der Waals surface area contributed by atoms with E-state index in [1.165, 1.54) is 25.5 Å². The van der Waals surface area contributed by atoms with Crippen LogP contribution in [0, 0.1) is 0 Å². The van der Waals surface area contributed by atoms with Crippen molar-refractivity contribution in [2.45, 2.75) is 0 Å². The molecule has 27 heavy (non-hydrogen) atoms. The van der Waals surface area contributed by atoms with Crippen LogP contribution in [0.3, 0.4) is 0 Å². The lowest BCUT2D eigenvalue weighted by Gasteiger charge is -2.07. The first kappa shape index (κ1) is 20.5. The summed E-state index contributed by atoms with van der Waals surface area (Å²) in [6.07, 6.45) is 1.41. The van der Waals surface area contributed by atoms with Crippen molar-refractivity contribution in [1.82, 2.24) is 10.7 Å². The highest BCUT2D eigenvalue weighted by molar-refractivity contribution is 6.35. The summed E-state index contributed by atoms with van der Waals surface area (Å²) in [6.45, 7) is -0.283. The number of benzene rings is 2. The number of hydrazone groups is 1. The van der Waals surface area contributed by atoms with Gasteiger partial charge in [-0.25, -0.2) is 5.43 Å². The molecule has 7 nitrogen and oxygen atoms in total. The topological polar surface area (TPSA) is 89.0 Å². The number of carbonyl (C=O) groups excluding carboxylic acids is 2. The molecule has 0 fully saturated rings. The van der Waals surface area contributed by atoms with Gasteiger partial charge in [-0.1, -0.05) is 23.2 Å². The Kier molecular flexibility index (Phi) is 7.45. The van der Waals surface area contributed by atoms with Gasteiger partial charge in [0.25, 0.3) is 11.8 Å². The number of nitrogens with one attached hydrogen (secondary N) is 2. The standard InChI is InChI=1S/C18H17Cl2N3O4/c1-26-13-4-6-16(27-2)11(7-13)9-22-23-17(24)10-21-18(25)14-8-12(19)3-5-15(14)20/h3-9H,10H2,1-2H3,(H,21,25)(H,23,24)/b22-9-. The zero-order valence-corrected chi connectivity index (χ0v) is 16.1. The van der Waals surface area contributed by atoms with Crippen LogP contribution >= 0.6 is 23.2 Å². The van der Waals surface area contributed by atoms with Crippen LogP contribution < -0.4 is 20.2 Å². The fourth-order valence-electron chi connectivity index (χ4n) is 2.08. The highest BCUT2D eigenvalue weighted by atomic mass is 35.5. The Morgan fingerprint density at radius 1 is 1.11 bits per heavy atom. The van der Waals surface area contributed by atoms with Crippen LogP contribution in [0.2, 0.25) is 10.0 Å². The summed E-state index contributed by atoms with van der Waals surface area (Å²) in [5, 5.41) is 6.90. The monoisotopic (exact) mass is 409 g/mol. The first-order valence-electron chi connectivity index (χ1n) is 7.71. The van der Waals surface area contributed by atoms with E-state index in [0.29, 0.717) is 22.1 Å². The molecular weight excluding hydrogens is 393 g/mol. The normalized spacial score (nSPS) is 10.5. The second kappa shape index (κ2) is 9.80. The first-order chi connectivity index (χ1) is 12.9. The van der Waals surface area contributed by atoms with Gasteiger partial charge in [-0.2, -0.15) is 5.10 Å². The van der Waals surface area contributed by atoms with Gasteiger partial charge in [0.1, 0.15) is 11.5 Å². The van der Waals surface area contributed by atoms with Crippen molar-refractivity contribution in [3.8, 4) is 11.5 Å². The number of halogens is 2. The molecule has 2 aromatic rings. The van der Waals surface area contributed by atoms with Gasteiger partial charge in [-0.3, -0.25) is 9.59 Å². The van der Waals surface area contributed by atoms with Crippen LogP contribution in [-0.4, -0.2) is 38.8 Å². The van der Waals surface area contributed by atoms with Crippen LogP contribution in [-0.2, 0) is 4.79 Å². The van der Waals surface area contributed by atoms with Crippen molar-refractivity contribution >= 4 is 41.2 Å². The van der Waals surface area contributed by atoms with Gasteiger partial charge >= 0.3 is 0 Å². The van der Waals surface area contributed by atoms with E-state index in [0.717, 1.165) is 0 Å². The predicted octanol–water partition coefficient (Wildman–Crippen LogP) is 2.89. The maximum absolute atomic E-state index is 12.1. The van der Waals surface area contributed by atoms with Crippen molar-refractivity contribution in [3.63, 3.8) is 0 Å². The summed E-state index contributed by atoms with van der Waals surface area (Å²) in [6, 6.07) is 9.66. The Morgan fingerprint density at radius 2 is 1.89 bits per heavy atom. The van der Waals surface area contributed by atoms with E-state index in [9.17, 15) is 9.59 Å². The van der Waals surface area contributed by atoms with Crippen LogP contribution in [0.25, 0.3) is 0 Å². The molecule has 0 aromatic heterocycles. The van der Waals surface area contributed by atoms with E-state index < -0.39 is 11.8 Å². The van der Waals surface area contributed by atoms with Crippen LogP contribution in [0.15, 0.2) is 41.5 Å². The Hall–Kier alpha value is -2.77. The van der Waals surface area contributed by atoms with Crippen molar-refractivity contribution in [2.24, 2.45) is 5.10 Å². The minimum Gasteiger partial charge on any atom is -0.497 e. The molecule has 0 aliphatic carbocycles. The van der Waals surface area contributed by atoms with Crippen LogP contribution in [0.5, 0.6) is 11.5 Å². The number of ether oxygens (including phenoxy) is 2. The van der Waals surface area contributed by atoms with Crippen LogP contribution in [0.1, 0.15) is 15.9 Å². The van der Waals surface area contributed by atoms with Gasteiger partial charge in [0, 0.05) is 10.6 Å². The second-order valence-electron chi connectivity index (χ2n) is 5.21.